The van der Waals surface area contributed by atoms with Crippen LogP contribution in [0, 0.1) is 0 Å². The van der Waals surface area contributed by atoms with Gasteiger partial charge in [-0.1, -0.05) is 110 Å². The van der Waals surface area contributed by atoms with Gasteiger partial charge in [0.2, 0.25) is 0 Å². The number of hydrogen-bond donors (Lipinski definition) is 2. The number of carbonyl (C=O) groups excluding carboxylic acids is 2. The summed E-state index contributed by atoms with van der Waals surface area (Å²) < 4.78 is 15.8. The first-order chi connectivity index (χ1) is 35.9. The standard InChI is InChI=1S/C62H66N6O4S2/c1-7-65-51-15-11-9-13-45(51)47-37-41(17-21-53(47)65)25-27-61-59(3,4)49-39-43(19-23-55(49)67(61)31-33-71-61)57(69)63-29-35-73-74-36-30-64-58(70)44-20-24-56-50(40-44)60(5,6)62(68(56)32-34-72-62)28-26-42-18-22-54-48(38-42)46-14-10-12-16-52(46)66(54)8-2/h9-21,23-28,37-40,54H,7-8,22,29-36H2,1-6H3,(H,63,69)(H,64,70)/b27-25+,28-26+. The molecule has 12 rings (SSSR count). The number of para-hydroxylation sites is 2. The second-order valence-electron chi connectivity index (χ2n) is 21.3. The van der Waals surface area contributed by atoms with Crippen LogP contribution in [-0.4, -0.2) is 91.3 Å². The van der Waals surface area contributed by atoms with Crippen LogP contribution in [0.4, 0.5) is 17.1 Å². The van der Waals surface area contributed by atoms with Crippen LogP contribution >= 0.6 is 21.6 Å². The highest BCUT2D eigenvalue weighted by Crippen LogP contribution is 2.57. The molecular weight excluding hydrogens is 957 g/mol. The summed E-state index contributed by atoms with van der Waals surface area (Å²) in [5, 5.41) is 8.81. The maximum atomic E-state index is 13.6. The lowest BCUT2D eigenvalue weighted by molar-refractivity contribution is -0.000347. The van der Waals surface area contributed by atoms with Crippen molar-refractivity contribution < 1.29 is 19.1 Å². The van der Waals surface area contributed by atoms with Crippen molar-refractivity contribution in [1.29, 1.82) is 0 Å². The Morgan fingerprint density at radius 1 is 0.662 bits per heavy atom. The van der Waals surface area contributed by atoms with Gasteiger partial charge in [0.15, 0.2) is 11.4 Å². The summed E-state index contributed by atoms with van der Waals surface area (Å²) >= 11 is 0. The number of aryl methyl sites for hydroxylation is 1. The molecule has 0 spiro atoms. The Bertz CT molecular complexity index is 3370. The number of anilines is 3. The lowest BCUT2D eigenvalue weighted by Crippen LogP contribution is -2.51. The summed E-state index contributed by atoms with van der Waals surface area (Å²) in [5.41, 5.74) is 12.5. The van der Waals surface area contributed by atoms with E-state index in [0.29, 0.717) is 43.5 Å². The highest BCUT2D eigenvalue weighted by molar-refractivity contribution is 8.76. The number of fused-ring (bicyclic) bond motifs is 12. The minimum atomic E-state index is -0.673. The zero-order valence-corrected chi connectivity index (χ0v) is 45.0. The average molecular weight is 1020 g/mol. The third-order valence-corrected chi connectivity index (χ3v) is 19.4. The van der Waals surface area contributed by atoms with Gasteiger partial charge in [-0.2, -0.15) is 0 Å². The predicted octanol–water partition coefficient (Wildman–Crippen LogP) is 11.9. The second-order valence-corrected chi connectivity index (χ2v) is 24.0. The molecule has 5 aromatic carbocycles. The number of aromatic nitrogens is 1. The second kappa shape index (κ2) is 18.9. The van der Waals surface area contributed by atoms with Gasteiger partial charge in [0.05, 0.1) is 19.3 Å². The van der Waals surface area contributed by atoms with Gasteiger partial charge in [0.1, 0.15) is 0 Å². The Balaban J connectivity index is 0.627. The monoisotopic (exact) mass is 1020 g/mol. The summed E-state index contributed by atoms with van der Waals surface area (Å²) in [6.45, 7) is 19.2. The number of carbonyl (C=O) groups is 2. The molecule has 6 aliphatic rings. The molecule has 1 aliphatic carbocycles. The number of nitrogens with one attached hydrogen (secondary N) is 2. The van der Waals surface area contributed by atoms with E-state index in [9.17, 15) is 9.59 Å². The molecule has 6 aromatic rings. The molecular formula is C62H66N6O4S2. The van der Waals surface area contributed by atoms with Crippen molar-refractivity contribution in [3.05, 3.63) is 172 Å². The van der Waals surface area contributed by atoms with E-state index in [1.807, 2.05) is 12.1 Å². The molecule has 380 valence electrons. The van der Waals surface area contributed by atoms with Crippen molar-refractivity contribution in [2.75, 3.05) is 72.1 Å². The summed E-state index contributed by atoms with van der Waals surface area (Å²) in [7, 11) is 3.40. The fourth-order valence-electron chi connectivity index (χ4n) is 13.2. The smallest absolute Gasteiger partial charge is 0.251 e. The first-order valence-electron chi connectivity index (χ1n) is 26.5. The van der Waals surface area contributed by atoms with E-state index in [1.54, 1.807) is 21.6 Å². The van der Waals surface area contributed by atoms with Crippen LogP contribution in [0.2, 0.25) is 0 Å². The third kappa shape index (κ3) is 7.60. The average Bonchev–Trinajstić information content (AvgIpc) is 4.27. The summed E-state index contributed by atoms with van der Waals surface area (Å²) in [6, 6.07) is 36.7. The van der Waals surface area contributed by atoms with Crippen molar-refractivity contribution in [3.63, 3.8) is 0 Å². The Hall–Kier alpha value is -6.18. The van der Waals surface area contributed by atoms with Gasteiger partial charge in [-0.3, -0.25) is 9.59 Å². The van der Waals surface area contributed by atoms with E-state index in [2.05, 4.69) is 199 Å². The van der Waals surface area contributed by atoms with Crippen molar-refractivity contribution in [2.24, 2.45) is 0 Å². The van der Waals surface area contributed by atoms with Crippen LogP contribution in [0.15, 0.2) is 139 Å². The van der Waals surface area contributed by atoms with Crippen LogP contribution in [0.5, 0.6) is 0 Å². The first-order valence-corrected chi connectivity index (χ1v) is 29.0. The molecule has 2 saturated heterocycles. The minimum Gasteiger partial charge on any atom is -0.364 e. The van der Waals surface area contributed by atoms with Gasteiger partial charge in [-0.25, -0.2) is 0 Å². The fourth-order valence-corrected chi connectivity index (χ4v) is 15.0. The van der Waals surface area contributed by atoms with E-state index in [0.717, 1.165) is 72.2 Å². The minimum absolute atomic E-state index is 0.0776. The third-order valence-electron chi connectivity index (χ3n) is 17.0. The molecule has 12 heteroatoms. The molecule has 3 unspecified atom stereocenters. The maximum absolute atomic E-state index is 13.6. The molecule has 3 atom stereocenters. The normalized spacial score (nSPS) is 22.8. The number of allylic oxidation sites excluding steroid dienone is 3. The topological polar surface area (TPSA) is 91.3 Å². The van der Waals surface area contributed by atoms with Gasteiger partial charge in [0.25, 0.3) is 11.8 Å². The van der Waals surface area contributed by atoms with Crippen molar-refractivity contribution in [2.45, 2.75) is 82.8 Å². The molecule has 1 aromatic heterocycles. The highest BCUT2D eigenvalue weighted by Gasteiger charge is 2.60. The Labute approximate surface area is 443 Å². The number of benzene rings is 5. The summed E-state index contributed by atoms with van der Waals surface area (Å²) in [5.74, 6) is 1.33. The van der Waals surface area contributed by atoms with Crippen LogP contribution in [0.25, 0.3) is 33.5 Å². The van der Waals surface area contributed by atoms with Crippen LogP contribution in [-0.2, 0) is 26.8 Å². The molecule has 0 bridgehead atoms. The number of amides is 2. The van der Waals surface area contributed by atoms with Gasteiger partial charge < -0.3 is 39.4 Å². The van der Waals surface area contributed by atoms with Gasteiger partial charge in [-0.05, 0) is 127 Å². The molecule has 6 heterocycles. The molecule has 0 saturated carbocycles. The number of hydrogen-bond acceptors (Lipinski definition) is 9. The summed E-state index contributed by atoms with van der Waals surface area (Å²) in [4.78, 5) is 34.4. The first kappa shape index (κ1) is 48.7. The van der Waals surface area contributed by atoms with Crippen molar-refractivity contribution in [1.82, 2.24) is 15.2 Å². The number of nitrogens with zero attached hydrogens (tertiary/aromatic N) is 4. The van der Waals surface area contributed by atoms with E-state index >= 15 is 0 Å². The van der Waals surface area contributed by atoms with Crippen LogP contribution in [0.3, 0.4) is 0 Å². The molecule has 10 nitrogen and oxygen atoms in total. The molecule has 0 radical (unpaired) electrons. The molecule has 2 amide bonds. The molecule has 74 heavy (non-hydrogen) atoms. The maximum Gasteiger partial charge on any atom is 0.251 e. The molecule has 5 aliphatic heterocycles. The van der Waals surface area contributed by atoms with Crippen LogP contribution in [0.1, 0.15) is 90.9 Å². The number of ether oxygens (including phenoxy) is 2. The van der Waals surface area contributed by atoms with Crippen molar-refractivity contribution in [3.8, 4) is 0 Å². The summed E-state index contributed by atoms with van der Waals surface area (Å²) in [6.07, 6.45) is 14.6. The SMILES string of the molecule is CCN1c2ccccc2C2=CC(/C=C/C34OCCN3c3ccc(C(=O)NCCSSCCNC(=O)c5ccc6c(c5)C(C)(C)C5(/C=C/c7ccc8c(c7)c7ccccc7n8CC)OCCN65)cc3C4(C)C)=CCC21. The van der Waals surface area contributed by atoms with Gasteiger partial charge in [-0.15, -0.1) is 0 Å². The lowest BCUT2D eigenvalue weighted by Gasteiger charge is -2.40. The predicted molar refractivity (Wildman–Crippen MR) is 308 cm³/mol. The van der Waals surface area contributed by atoms with E-state index in [-0.39, 0.29) is 11.8 Å². The molecule has 2 N–H and O–H groups in total. The highest BCUT2D eigenvalue weighted by atomic mass is 33.1. The lowest BCUT2D eigenvalue weighted by atomic mass is 9.76. The largest absolute Gasteiger partial charge is 0.364 e. The fraction of sp³-hybridized carbons (Fsp3) is 0.355. The van der Waals surface area contributed by atoms with E-state index < -0.39 is 22.3 Å². The Kier molecular flexibility index (Phi) is 12.4. The molecule has 2 fully saturated rings. The Morgan fingerprint density at radius 3 is 1.89 bits per heavy atom. The number of likely N-dealkylation sites (N-methyl/N-ethyl adjacent to an activating group) is 1. The Morgan fingerprint density at radius 2 is 1.26 bits per heavy atom. The van der Waals surface area contributed by atoms with Gasteiger partial charge in [0, 0.05) is 117 Å². The zero-order valence-electron chi connectivity index (χ0n) is 43.4. The van der Waals surface area contributed by atoms with E-state index in [1.165, 1.54) is 44.2 Å². The van der Waals surface area contributed by atoms with Crippen LogP contribution < -0.4 is 25.3 Å². The van der Waals surface area contributed by atoms with Crippen molar-refractivity contribution >= 4 is 83.9 Å². The quantitative estimate of drug-likeness (QED) is 0.0771. The number of rotatable bonds is 15. The van der Waals surface area contributed by atoms with Gasteiger partial charge >= 0.3 is 0 Å². The van der Waals surface area contributed by atoms with E-state index in [4.69, 9.17) is 9.47 Å². The zero-order chi connectivity index (χ0) is 51.0.